The first-order valence-electron chi connectivity index (χ1n) is 7.91. The van der Waals surface area contributed by atoms with Gasteiger partial charge in [0.1, 0.15) is 29.0 Å². The number of benzene rings is 1. The first-order chi connectivity index (χ1) is 12.2. The predicted octanol–water partition coefficient (Wildman–Crippen LogP) is 3.08. The molecule has 0 amide bonds. The lowest BCUT2D eigenvalue weighted by atomic mass is 9.98. The van der Waals surface area contributed by atoms with Gasteiger partial charge in [0.2, 0.25) is 0 Å². The molecule has 0 unspecified atom stereocenters. The second kappa shape index (κ2) is 5.96. The number of hydrazone groups is 1. The molecule has 124 valence electrons. The number of allylic oxidation sites excluding steroid dienone is 1. The molecule has 2 aliphatic heterocycles. The molecule has 0 saturated carbocycles. The highest BCUT2D eigenvalue weighted by Crippen LogP contribution is 2.36. The number of anilines is 1. The van der Waals surface area contributed by atoms with Gasteiger partial charge in [-0.05, 0) is 37.3 Å². The van der Waals surface area contributed by atoms with Gasteiger partial charge in [0.05, 0.1) is 24.6 Å². The molecule has 1 aromatic carbocycles. The van der Waals surface area contributed by atoms with Crippen molar-refractivity contribution >= 4 is 11.4 Å². The van der Waals surface area contributed by atoms with Crippen molar-refractivity contribution < 1.29 is 9.15 Å². The van der Waals surface area contributed by atoms with Crippen molar-refractivity contribution in [3.05, 3.63) is 65.2 Å². The molecule has 2 aromatic rings. The maximum Gasteiger partial charge on any atom is 0.144 e. The quantitative estimate of drug-likeness (QED) is 0.913. The van der Waals surface area contributed by atoms with Crippen LogP contribution in [0.3, 0.4) is 0 Å². The van der Waals surface area contributed by atoms with Crippen molar-refractivity contribution in [2.75, 3.05) is 18.2 Å². The molecule has 0 aliphatic carbocycles. The van der Waals surface area contributed by atoms with E-state index in [1.165, 1.54) is 0 Å². The lowest BCUT2D eigenvalue weighted by Crippen LogP contribution is -2.34. The van der Waals surface area contributed by atoms with Crippen molar-refractivity contribution in [1.29, 1.82) is 5.26 Å². The van der Waals surface area contributed by atoms with Crippen LogP contribution in [0.2, 0.25) is 0 Å². The van der Waals surface area contributed by atoms with Crippen molar-refractivity contribution in [1.82, 2.24) is 0 Å². The molecule has 2 N–H and O–H groups in total. The molecule has 0 spiro atoms. The van der Waals surface area contributed by atoms with E-state index >= 15 is 0 Å². The average Bonchev–Trinajstić information content (AvgIpc) is 3.07. The Bertz CT molecular complexity index is 975. The van der Waals surface area contributed by atoms with E-state index in [1.807, 2.05) is 49.4 Å². The number of hydrogen-bond donors (Lipinski definition) is 1. The third-order valence-corrected chi connectivity index (χ3v) is 4.18. The summed E-state index contributed by atoms with van der Waals surface area (Å²) in [6.45, 7) is 2.70. The van der Waals surface area contributed by atoms with E-state index in [4.69, 9.17) is 14.9 Å². The van der Waals surface area contributed by atoms with Crippen LogP contribution in [-0.4, -0.2) is 18.9 Å². The van der Waals surface area contributed by atoms with Crippen LogP contribution in [0.1, 0.15) is 5.76 Å². The van der Waals surface area contributed by atoms with Crippen LogP contribution in [-0.2, 0) is 4.74 Å². The Kier molecular flexibility index (Phi) is 3.64. The molecule has 6 nitrogen and oxygen atoms in total. The van der Waals surface area contributed by atoms with E-state index in [1.54, 1.807) is 5.01 Å². The standard InChI is InChI=1S/C19H16N4O2/c1-12-6-7-18(25-12)14-4-2-3-5-17(14)23-19(21)15(10-20)13-8-9-24-11-16(13)22-23/h2-8H,9,11,21H2,1H3. The van der Waals surface area contributed by atoms with Crippen molar-refractivity contribution in [3.63, 3.8) is 0 Å². The first-order valence-corrected chi connectivity index (χ1v) is 7.91. The Morgan fingerprint density at radius 2 is 2.08 bits per heavy atom. The van der Waals surface area contributed by atoms with Gasteiger partial charge in [0.25, 0.3) is 0 Å². The largest absolute Gasteiger partial charge is 0.461 e. The molecule has 0 bridgehead atoms. The van der Waals surface area contributed by atoms with Gasteiger partial charge < -0.3 is 14.9 Å². The van der Waals surface area contributed by atoms with E-state index in [0.717, 1.165) is 28.3 Å². The molecule has 1 aromatic heterocycles. The number of nitrogens with zero attached hydrogens (tertiary/aromatic N) is 3. The van der Waals surface area contributed by atoms with Crippen molar-refractivity contribution in [2.45, 2.75) is 6.92 Å². The third-order valence-electron chi connectivity index (χ3n) is 4.18. The molecular formula is C19H16N4O2. The Balaban J connectivity index is 1.88. The molecule has 2 aliphatic rings. The summed E-state index contributed by atoms with van der Waals surface area (Å²) in [5, 5.41) is 15.8. The molecule has 4 rings (SSSR count). The molecule has 3 heterocycles. The Labute approximate surface area is 145 Å². The highest BCUT2D eigenvalue weighted by Gasteiger charge is 2.29. The summed E-state index contributed by atoms with van der Waals surface area (Å²) in [5.41, 5.74) is 9.76. The Morgan fingerprint density at radius 3 is 2.84 bits per heavy atom. The Morgan fingerprint density at radius 1 is 1.24 bits per heavy atom. The van der Waals surface area contributed by atoms with Gasteiger partial charge >= 0.3 is 0 Å². The topological polar surface area (TPSA) is 87.8 Å². The van der Waals surface area contributed by atoms with Crippen LogP contribution in [0, 0.1) is 18.3 Å². The maximum atomic E-state index is 9.59. The van der Waals surface area contributed by atoms with Crippen molar-refractivity contribution in [3.8, 4) is 17.4 Å². The minimum absolute atomic E-state index is 0.301. The van der Waals surface area contributed by atoms with Gasteiger partial charge in [0.15, 0.2) is 0 Å². The zero-order chi connectivity index (χ0) is 17.4. The van der Waals surface area contributed by atoms with Crippen LogP contribution in [0.15, 0.2) is 69.0 Å². The monoisotopic (exact) mass is 332 g/mol. The fourth-order valence-corrected chi connectivity index (χ4v) is 2.99. The number of furan rings is 1. The predicted molar refractivity (Wildman–Crippen MR) is 94.5 cm³/mol. The highest BCUT2D eigenvalue weighted by atomic mass is 16.5. The maximum absolute atomic E-state index is 9.59. The van der Waals surface area contributed by atoms with E-state index in [0.29, 0.717) is 30.3 Å². The number of ether oxygens (including phenoxy) is 1. The number of rotatable bonds is 2. The van der Waals surface area contributed by atoms with Gasteiger partial charge in [0, 0.05) is 11.1 Å². The Hall–Kier alpha value is -3.30. The smallest absolute Gasteiger partial charge is 0.144 e. The number of nitriles is 1. The first kappa shape index (κ1) is 15.2. The fraction of sp³-hybridized carbons (Fsp3) is 0.158. The van der Waals surface area contributed by atoms with Gasteiger partial charge in [-0.1, -0.05) is 12.1 Å². The molecule has 6 heteroatoms. The zero-order valence-corrected chi connectivity index (χ0v) is 13.7. The second-order valence-corrected chi connectivity index (χ2v) is 5.79. The zero-order valence-electron chi connectivity index (χ0n) is 13.7. The third kappa shape index (κ3) is 2.51. The van der Waals surface area contributed by atoms with Gasteiger partial charge in [-0.15, -0.1) is 0 Å². The summed E-state index contributed by atoms with van der Waals surface area (Å²) in [6, 6.07) is 13.7. The number of fused-ring (bicyclic) bond motifs is 1. The fourth-order valence-electron chi connectivity index (χ4n) is 2.99. The van der Waals surface area contributed by atoms with Crippen LogP contribution in [0.5, 0.6) is 0 Å². The van der Waals surface area contributed by atoms with Gasteiger partial charge in [-0.2, -0.15) is 10.4 Å². The number of aryl methyl sites for hydroxylation is 1. The average molecular weight is 332 g/mol. The summed E-state index contributed by atoms with van der Waals surface area (Å²) in [4.78, 5) is 0. The minimum atomic E-state index is 0.301. The van der Waals surface area contributed by atoms with E-state index in [-0.39, 0.29) is 0 Å². The molecule has 0 radical (unpaired) electrons. The molecule has 0 fully saturated rings. The van der Waals surface area contributed by atoms with E-state index in [9.17, 15) is 5.26 Å². The van der Waals surface area contributed by atoms with Crippen LogP contribution in [0.4, 0.5) is 5.69 Å². The van der Waals surface area contributed by atoms with Crippen LogP contribution < -0.4 is 10.7 Å². The van der Waals surface area contributed by atoms with Crippen LogP contribution in [0.25, 0.3) is 11.3 Å². The van der Waals surface area contributed by atoms with E-state index in [2.05, 4.69) is 11.2 Å². The number of hydrogen-bond acceptors (Lipinski definition) is 6. The highest BCUT2D eigenvalue weighted by molar-refractivity contribution is 6.08. The normalized spacial score (nSPS) is 16.9. The SMILES string of the molecule is Cc1ccc(-c2ccccc2N2N=C3COCC=C3C(C#N)=C2N)o1. The molecule has 25 heavy (non-hydrogen) atoms. The summed E-state index contributed by atoms with van der Waals surface area (Å²) in [6.07, 6.45) is 1.84. The van der Waals surface area contributed by atoms with Crippen LogP contribution >= 0.6 is 0 Å². The summed E-state index contributed by atoms with van der Waals surface area (Å²) in [7, 11) is 0. The lowest BCUT2D eigenvalue weighted by Gasteiger charge is -2.30. The molecular weight excluding hydrogens is 316 g/mol. The second-order valence-electron chi connectivity index (χ2n) is 5.79. The van der Waals surface area contributed by atoms with Gasteiger partial charge in [-0.25, -0.2) is 5.01 Å². The summed E-state index contributed by atoms with van der Waals surface area (Å²) >= 11 is 0. The van der Waals surface area contributed by atoms with Crippen molar-refractivity contribution in [2.24, 2.45) is 10.8 Å². The molecule has 0 atom stereocenters. The van der Waals surface area contributed by atoms with E-state index < -0.39 is 0 Å². The lowest BCUT2D eigenvalue weighted by molar-refractivity contribution is 0.199. The van der Waals surface area contributed by atoms with Gasteiger partial charge in [-0.3, -0.25) is 0 Å². The summed E-state index contributed by atoms with van der Waals surface area (Å²) < 4.78 is 11.2. The number of nitrogens with two attached hydrogens (primary N) is 1. The molecule has 0 saturated heterocycles. The minimum Gasteiger partial charge on any atom is -0.461 e. The summed E-state index contributed by atoms with van der Waals surface area (Å²) in [5.74, 6) is 1.85. The number of para-hydroxylation sites is 1.